The van der Waals surface area contributed by atoms with Crippen molar-refractivity contribution in [1.29, 1.82) is 0 Å². The van der Waals surface area contributed by atoms with Gasteiger partial charge in [0, 0.05) is 26.1 Å². The van der Waals surface area contributed by atoms with Crippen LogP contribution in [0.2, 0.25) is 0 Å². The van der Waals surface area contributed by atoms with Crippen molar-refractivity contribution in [2.24, 2.45) is 0 Å². The van der Waals surface area contributed by atoms with Gasteiger partial charge in [0.1, 0.15) is 17.3 Å². The molecule has 1 saturated heterocycles. The number of carbonyl (C=O) groups is 1. The van der Waals surface area contributed by atoms with Gasteiger partial charge in [-0.05, 0) is 25.0 Å². The van der Waals surface area contributed by atoms with Gasteiger partial charge in [-0.25, -0.2) is 8.78 Å². The fraction of sp³-hybridized carbons (Fsp3) is 0.500. The molecule has 1 heterocycles. The van der Waals surface area contributed by atoms with Crippen molar-refractivity contribution in [2.45, 2.75) is 25.4 Å². The fourth-order valence-electron chi connectivity index (χ4n) is 2.09. The summed E-state index contributed by atoms with van der Waals surface area (Å²) in [5.74, 6) is -1.49. The first-order chi connectivity index (χ1) is 9.66. The second-order valence-electron chi connectivity index (χ2n) is 4.71. The van der Waals surface area contributed by atoms with Crippen LogP contribution in [0.1, 0.15) is 19.3 Å². The molecule has 1 amide bonds. The molecule has 1 aliphatic heterocycles. The van der Waals surface area contributed by atoms with Crippen LogP contribution in [-0.4, -0.2) is 31.7 Å². The molecular weight excluding hydrogens is 266 g/mol. The van der Waals surface area contributed by atoms with Crippen LogP contribution < -0.4 is 10.6 Å². The Morgan fingerprint density at radius 2 is 2.10 bits per heavy atom. The highest BCUT2D eigenvalue weighted by Crippen LogP contribution is 2.17. The number of ether oxygens (including phenoxy) is 1. The smallest absolute Gasteiger partial charge is 0.221 e. The van der Waals surface area contributed by atoms with E-state index in [4.69, 9.17) is 4.74 Å². The summed E-state index contributed by atoms with van der Waals surface area (Å²) in [6, 6.07) is 3.63. The third kappa shape index (κ3) is 4.16. The molecule has 0 aliphatic carbocycles. The van der Waals surface area contributed by atoms with E-state index in [1.807, 2.05) is 0 Å². The highest BCUT2D eigenvalue weighted by atomic mass is 19.1. The van der Waals surface area contributed by atoms with Gasteiger partial charge in [-0.3, -0.25) is 4.79 Å². The summed E-state index contributed by atoms with van der Waals surface area (Å²) < 4.78 is 32.0. The Kier molecular flexibility index (Phi) is 5.29. The monoisotopic (exact) mass is 284 g/mol. The predicted octanol–water partition coefficient (Wildman–Crippen LogP) is 2.06. The normalized spacial score (nSPS) is 18.0. The Morgan fingerprint density at radius 1 is 1.35 bits per heavy atom. The molecule has 1 aromatic rings. The van der Waals surface area contributed by atoms with Gasteiger partial charge < -0.3 is 15.4 Å². The van der Waals surface area contributed by atoms with Crippen LogP contribution in [0.3, 0.4) is 0 Å². The van der Waals surface area contributed by atoms with Crippen LogP contribution in [0.25, 0.3) is 0 Å². The van der Waals surface area contributed by atoms with E-state index >= 15 is 0 Å². The van der Waals surface area contributed by atoms with Gasteiger partial charge in [-0.2, -0.15) is 0 Å². The maximum absolute atomic E-state index is 13.3. The highest BCUT2D eigenvalue weighted by Gasteiger charge is 2.16. The zero-order valence-electron chi connectivity index (χ0n) is 11.1. The Labute approximate surface area is 116 Å². The van der Waals surface area contributed by atoms with E-state index in [2.05, 4.69) is 10.6 Å². The second-order valence-corrected chi connectivity index (χ2v) is 4.71. The Morgan fingerprint density at radius 3 is 2.75 bits per heavy atom. The molecular formula is C14H18F2N2O2. The molecule has 20 heavy (non-hydrogen) atoms. The maximum Gasteiger partial charge on any atom is 0.221 e. The minimum absolute atomic E-state index is 0.0934. The number of anilines is 1. The molecule has 2 N–H and O–H groups in total. The number of hydrogen-bond acceptors (Lipinski definition) is 3. The molecule has 1 unspecified atom stereocenters. The average molecular weight is 284 g/mol. The molecule has 6 heteroatoms. The van der Waals surface area contributed by atoms with Gasteiger partial charge in [-0.15, -0.1) is 0 Å². The van der Waals surface area contributed by atoms with Crippen molar-refractivity contribution >= 4 is 11.6 Å². The van der Waals surface area contributed by atoms with Crippen molar-refractivity contribution < 1.29 is 18.3 Å². The van der Waals surface area contributed by atoms with Gasteiger partial charge >= 0.3 is 0 Å². The minimum Gasteiger partial charge on any atom is -0.380 e. The lowest BCUT2D eigenvalue weighted by molar-refractivity contribution is -0.121. The van der Waals surface area contributed by atoms with E-state index in [1.54, 1.807) is 0 Å². The van der Waals surface area contributed by atoms with Gasteiger partial charge in [-0.1, -0.05) is 6.07 Å². The first-order valence-electron chi connectivity index (χ1n) is 6.73. The van der Waals surface area contributed by atoms with Crippen LogP contribution in [0.5, 0.6) is 0 Å². The molecule has 0 saturated carbocycles. The lowest BCUT2D eigenvalue weighted by atomic mass is 10.2. The second kappa shape index (κ2) is 7.19. The number of benzene rings is 1. The lowest BCUT2D eigenvalue weighted by Crippen LogP contribution is -2.32. The predicted molar refractivity (Wildman–Crippen MR) is 71.4 cm³/mol. The zero-order chi connectivity index (χ0) is 14.4. The largest absolute Gasteiger partial charge is 0.380 e. The lowest BCUT2D eigenvalue weighted by Gasteiger charge is -2.11. The number of rotatable bonds is 6. The van der Waals surface area contributed by atoms with Crippen molar-refractivity contribution in [2.75, 3.05) is 25.0 Å². The molecule has 4 nitrogen and oxygen atoms in total. The summed E-state index contributed by atoms with van der Waals surface area (Å²) in [6.45, 7) is 1.41. The van der Waals surface area contributed by atoms with Crippen LogP contribution in [0, 0.1) is 11.6 Å². The number of carbonyl (C=O) groups excluding carboxylic acids is 1. The zero-order valence-corrected chi connectivity index (χ0v) is 11.1. The van der Waals surface area contributed by atoms with Crippen molar-refractivity contribution in [1.82, 2.24) is 5.32 Å². The molecule has 1 fully saturated rings. The highest BCUT2D eigenvalue weighted by molar-refractivity contribution is 5.76. The third-order valence-corrected chi connectivity index (χ3v) is 3.17. The van der Waals surface area contributed by atoms with E-state index in [-0.39, 0.29) is 30.7 Å². The van der Waals surface area contributed by atoms with Gasteiger partial charge in [0.2, 0.25) is 5.91 Å². The molecule has 0 spiro atoms. The Bertz CT molecular complexity index is 442. The number of amides is 1. The minimum atomic E-state index is -0.662. The van der Waals surface area contributed by atoms with E-state index in [0.717, 1.165) is 19.4 Å². The number of para-hydroxylation sites is 1. The Hall–Kier alpha value is -1.69. The summed E-state index contributed by atoms with van der Waals surface area (Å²) in [5.41, 5.74) is -0.195. The quantitative estimate of drug-likeness (QED) is 0.840. The molecule has 110 valence electrons. The number of hydrogen-bond donors (Lipinski definition) is 2. The Balaban J connectivity index is 1.68. The van der Waals surface area contributed by atoms with Crippen LogP contribution in [0.15, 0.2) is 18.2 Å². The SMILES string of the molecule is O=C(CCNc1c(F)cccc1F)NCC1CCCO1. The molecule has 1 aromatic carbocycles. The summed E-state index contributed by atoms with van der Waals surface area (Å²) in [7, 11) is 0. The van der Waals surface area contributed by atoms with E-state index in [9.17, 15) is 13.6 Å². The van der Waals surface area contributed by atoms with E-state index in [1.165, 1.54) is 18.2 Å². The summed E-state index contributed by atoms with van der Waals surface area (Å²) >= 11 is 0. The van der Waals surface area contributed by atoms with Gasteiger partial charge in [0.15, 0.2) is 0 Å². The molecule has 1 atom stereocenters. The molecule has 2 rings (SSSR count). The summed E-state index contributed by atoms with van der Waals surface area (Å²) in [5, 5.41) is 5.35. The third-order valence-electron chi connectivity index (χ3n) is 3.17. The number of halogens is 2. The van der Waals surface area contributed by atoms with Crippen molar-refractivity contribution in [3.63, 3.8) is 0 Å². The van der Waals surface area contributed by atoms with Crippen molar-refractivity contribution in [3.05, 3.63) is 29.8 Å². The first kappa shape index (κ1) is 14.7. The first-order valence-corrected chi connectivity index (χ1v) is 6.73. The molecule has 0 bridgehead atoms. The number of nitrogens with one attached hydrogen (secondary N) is 2. The van der Waals surface area contributed by atoms with Crippen LogP contribution in [-0.2, 0) is 9.53 Å². The average Bonchev–Trinajstić information content (AvgIpc) is 2.93. The van der Waals surface area contributed by atoms with Crippen LogP contribution in [0.4, 0.5) is 14.5 Å². The van der Waals surface area contributed by atoms with Gasteiger partial charge in [0.05, 0.1) is 6.10 Å². The summed E-state index contributed by atoms with van der Waals surface area (Å²) in [4.78, 5) is 11.6. The fourth-order valence-corrected chi connectivity index (χ4v) is 2.09. The maximum atomic E-state index is 13.3. The van der Waals surface area contributed by atoms with E-state index in [0.29, 0.717) is 6.54 Å². The topological polar surface area (TPSA) is 50.4 Å². The molecule has 0 radical (unpaired) electrons. The van der Waals surface area contributed by atoms with Gasteiger partial charge in [0.25, 0.3) is 0 Å². The molecule has 0 aromatic heterocycles. The molecule has 1 aliphatic rings. The van der Waals surface area contributed by atoms with E-state index < -0.39 is 11.6 Å². The van der Waals surface area contributed by atoms with Crippen molar-refractivity contribution in [3.8, 4) is 0 Å². The standard InChI is InChI=1S/C14H18F2N2O2/c15-11-4-1-5-12(16)14(11)17-7-6-13(19)18-9-10-3-2-8-20-10/h1,4-5,10,17H,2-3,6-9H2,(H,18,19). The summed E-state index contributed by atoms with van der Waals surface area (Å²) in [6.07, 6.45) is 2.23. The van der Waals surface area contributed by atoms with Crippen LogP contribution >= 0.6 is 0 Å².